The van der Waals surface area contributed by atoms with E-state index in [2.05, 4.69) is 0 Å². The van der Waals surface area contributed by atoms with Crippen molar-refractivity contribution in [3.8, 4) is 0 Å². The fraction of sp³-hybridized carbons (Fsp3) is 0.667. The second kappa shape index (κ2) is 8.35. The molecule has 0 aliphatic heterocycles. The highest BCUT2D eigenvalue weighted by Gasteiger charge is 2.04. The highest BCUT2D eigenvalue weighted by Crippen LogP contribution is 2.44. The van der Waals surface area contributed by atoms with Gasteiger partial charge in [-0.3, -0.25) is 0 Å². The third kappa shape index (κ3) is 7.47. The summed E-state index contributed by atoms with van der Waals surface area (Å²) in [4.78, 5) is 3.84. The van der Waals surface area contributed by atoms with Gasteiger partial charge < -0.3 is 9.80 Å². The maximum atomic E-state index is 5.11. The smallest absolute Gasteiger partial charge is 0.147 e. The first-order valence-corrected chi connectivity index (χ1v) is 9.19. The first-order chi connectivity index (χ1) is 6.45. The van der Waals surface area contributed by atoms with Gasteiger partial charge in [0.05, 0.1) is 0 Å². The standard InChI is InChI=1S/C6H12N2S6/c1-7(2)5(9)11-13-14-12-6(10)8(3)4/h1-4H3. The maximum absolute atomic E-state index is 5.11. The minimum Gasteiger partial charge on any atom is -0.363 e. The summed E-state index contributed by atoms with van der Waals surface area (Å²) in [5.74, 6) is 0. The molecule has 0 radical (unpaired) electrons. The molecule has 0 fully saturated rings. The molecule has 0 bridgehead atoms. The molecule has 0 amide bonds. The van der Waals surface area contributed by atoms with E-state index in [1.165, 1.54) is 0 Å². The molecule has 0 aliphatic carbocycles. The van der Waals surface area contributed by atoms with Crippen LogP contribution < -0.4 is 0 Å². The second-order valence-corrected chi connectivity index (χ2v) is 9.56. The van der Waals surface area contributed by atoms with Crippen LogP contribution in [0.25, 0.3) is 0 Å². The Bertz CT molecular complexity index is 182. The molecule has 0 aromatic rings. The van der Waals surface area contributed by atoms with E-state index in [-0.39, 0.29) is 0 Å². The molecule has 2 nitrogen and oxygen atoms in total. The molecular weight excluding hydrogens is 292 g/mol. The fourth-order valence-electron chi connectivity index (χ4n) is 0.235. The van der Waals surface area contributed by atoms with Crippen LogP contribution in [0.2, 0.25) is 0 Å². The fourth-order valence-corrected chi connectivity index (χ4v) is 6.66. The minimum absolute atomic E-state index is 0.874. The number of hydrogen-bond acceptors (Lipinski definition) is 6. The van der Waals surface area contributed by atoms with Gasteiger partial charge in [-0.2, -0.15) is 0 Å². The number of nitrogens with zero attached hydrogens (tertiary/aromatic N) is 2. The Labute approximate surface area is 111 Å². The van der Waals surface area contributed by atoms with E-state index in [1.54, 1.807) is 41.2 Å². The summed E-state index contributed by atoms with van der Waals surface area (Å²) in [6.07, 6.45) is 0. The van der Waals surface area contributed by atoms with Gasteiger partial charge in [0.15, 0.2) is 0 Å². The largest absolute Gasteiger partial charge is 0.363 e. The molecule has 0 saturated heterocycles. The van der Waals surface area contributed by atoms with Crippen molar-refractivity contribution in [2.45, 2.75) is 0 Å². The molecule has 82 valence electrons. The predicted octanol–water partition coefficient (Wildman–Crippen LogP) is 3.36. The van der Waals surface area contributed by atoms with E-state index in [9.17, 15) is 0 Å². The molecule has 0 rings (SSSR count). The Morgan fingerprint density at radius 3 is 1.29 bits per heavy atom. The van der Waals surface area contributed by atoms with Crippen molar-refractivity contribution < 1.29 is 0 Å². The summed E-state index contributed by atoms with van der Waals surface area (Å²) in [6, 6.07) is 0. The van der Waals surface area contributed by atoms with Crippen molar-refractivity contribution >= 4 is 74.3 Å². The van der Waals surface area contributed by atoms with Gasteiger partial charge in [0.2, 0.25) is 0 Å². The lowest BCUT2D eigenvalue weighted by atomic mass is 11.0. The van der Waals surface area contributed by atoms with Gasteiger partial charge in [0.25, 0.3) is 0 Å². The van der Waals surface area contributed by atoms with Gasteiger partial charge in [-0.15, -0.1) is 0 Å². The van der Waals surface area contributed by atoms with Crippen LogP contribution in [-0.2, 0) is 0 Å². The maximum Gasteiger partial charge on any atom is 0.147 e. The SMILES string of the molecule is CN(C)C(=S)SSSSC(=S)N(C)C. The first-order valence-electron chi connectivity index (χ1n) is 3.55. The highest BCUT2D eigenvalue weighted by atomic mass is 33.7. The van der Waals surface area contributed by atoms with Crippen molar-refractivity contribution in [1.82, 2.24) is 9.80 Å². The molecular formula is C6H12N2S6. The molecule has 0 aromatic heterocycles. The van der Waals surface area contributed by atoms with Crippen LogP contribution >= 0.6 is 65.7 Å². The highest BCUT2D eigenvalue weighted by molar-refractivity contribution is 9.29. The molecule has 0 spiro atoms. The Balaban J connectivity index is 3.48. The van der Waals surface area contributed by atoms with Crippen LogP contribution in [0.1, 0.15) is 0 Å². The van der Waals surface area contributed by atoms with E-state index in [0.29, 0.717) is 0 Å². The van der Waals surface area contributed by atoms with Crippen LogP contribution in [0.15, 0.2) is 0 Å². The quantitative estimate of drug-likeness (QED) is 0.439. The minimum atomic E-state index is 0.874. The Kier molecular flexibility index (Phi) is 9.05. The summed E-state index contributed by atoms with van der Waals surface area (Å²) in [5.41, 5.74) is 0. The van der Waals surface area contributed by atoms with Crippen LogP contribution in [0, 0.1) is 0 Å². The van der Waals surface area contributed by atoms with Crippen LogP contribution in [-0.4, -0.2) is 46.6 Å². The second-order valence-electron chi connectivity index (χ2n) is 2.62. The topological polar surface area (TPSA) is 6.48 Å². The number of rotatable bonds is 3. The molecule has 0 heterocycles. The van der Waals surface area contributed by atoms with Crippen molar-refractivity contribution in [3.63, 3.8) is 0 Å². The zero-order chi connectivity index (χ0) is 11.1. The predicted molar refractivity (Wildman–Crippen MR) is 82.9 cm³/mol. The normalized spacial score (nSPS) is 9.71. The Morgan fingerprint density at radius 2 is 1.07 bits per heavy atom. The van der Waals surface area contributed by atoms with Crippen molar-refractivity contribution in [3.05, 3.63) is 0 Å². The van der Waals surface area contributed by atoms with E-state index in [0.717, 1.165) is 8.64 Å². The Morgan fingerprint density at radius 1 is 0.786 bits per heavy atom. The average Bonchev–Trinajstić information content (AvgIpc) is 2.11. The third-order valence-corrected chi connectivity index (χ3v) is 8.79. The van der Waals surface area contributed by atoms with Gasteiger partial charge in [-0.05, 0) is 41.2 Å². The summed E-state index contributed by atoms with van der Waals surface area (Å²) in [7, 11) is 14.2. The van der Waals surface area contributed by atoms with Gasteiger partial charge >= 0.3 is 0 Å². The van der Waals surface area contributed by atoms with Gasteiger partial charge in [-0.25, -0.2) is 0 Å². The lowest BCUT2D eigenvalue weighted by Crippen LogP contribution is -2.15. The molecule has 0 aliphatic rings. The zero-order valence-electron chi connectivity index (χ0n) is 8.34. The van der Waals surface area contributed by atoms with Crippen LogP contribution in [0.3, 0.4) is 0 Å². The van der Waals surface area contributed by atoms with Crippen molar-refractivity contribution in [1.29, 1.82) is 0 Å². The molecule has 8 heteroatoms. The summed E-state index contributed by atoms with van der Waals surface area (Å²) < 4.78 is 1.75. The van der Waals surface area contributed by atoms with Crippen molar-refractivity contribution in [2.75, 3.05) is 28.2 Å². The summed E-state index contributed by atoms with van der Waals surface area (Å²) >= 11 is 10.2. The van der Waals surface area contributed by atoms with Crippen molar-refractivity contribution in [2.24, 2.45) is 0 Å². The van der Waals surface area contributed by atoms with E-state index < -0.39 is 0 Å². The summed E-state index contributed by atoms with van der Waals surface area (Å²) in [5, 5.41) is 0. The van der Waals surface area contributed by atoms with E-state index >= 15 is 0 Å². The molecule has 0 N–H and O–H groups in total. The number of thiocarbonyl (C=S) groups is 2. The van der Waals surface area contributed by atoms with E-state index in [4.69, 9.17) is 24.4 Å². The average molecular weight is 305 g/mol. The zero-order valence-corrected chi connectivity index (χ0v) is 13.2. The van der Waals surface area contributed by atoms with Gasteiger partial charge in [0, 0.05) is 28.2 Å². The van der Waals surface area contributed by atoms with Crippen LogP contribution in [0.5, 0.6) is 0 Å². The van der Waals surface area contributed by atoms with Gasteiger partial charge in [-0.1, -0.05) is 24.4 Å². The first kappa shape index (κ1) is 15.2. The molecule has 0 atom stereocenters. The Hall–Kier alpha value is 1.18. The van der Waals surface area contributed by atoms with Gasteiger partial charge in [0.1, 0.15) is 8.64 Å². The van der Waals surface area contributed by atoms with Crippen LogP contribution in [0.4, 0.5) is 0 Å². The molecule has 0 saturated carbocycles. The van der Waals surface area contributed by atoms with E-state index in [1.807, 2.05) is 38.0 Å². The summed E-state index contributed by atoms with van der Waals surface area (Å²) in [6.45, 7) is 0. The molecule has 14 heavy (non-hydrogen) atoms. The lowest BCUT2D eigenvalue weighted by Gasteiger charge is -2.12. The molecule has 0 unspecified atom stereocenters. The monoisotopic (exact) mass is 304 g/mol. The molecule has 0 aromatic carbocycles. The third-order valence-electron chi connectivity index (χ3n) is 0.969. The lowest BCUT2D eigenvalue weighted by molar-refractivity contribution is 0.648. The number of hydrogen-bond donors (Lipinski definition) is 0.